The molecule has 1 saturated carbocycles. The van der Waals surface area contributed by atoms with Crippen LogP contribution in [0.25, 0.3) is 16.6 Å². The Labute approximate surface area is 197 Å². The summed E-state index contributed by atoms with van der Waals surface area (Å²) in [7, 11) is 1.76. The monoisotopic (exact) mass is 459 g/mol. The molecule has 1 fully saturated rings. The van der Waals surface area contributed by atoms with Crippen molar-refractivity contribution in [3.63, 3.8) is 0 Å². The first kappa shape index (κ1) is 26.9. The van der Waals surface area contributed by atoms with Crippen LogP contribution in [0.4, 0.5) is 8.78 Å². The summed E-state index contributed by atoms with van der Waals surface area (Å²) in [4.78, 5) is 9.10. The highest BCUT2D eigenvalue weighted by Crippen LogP contribution is 2.40. The van der Waals surface area contributed by atoms with E-state index in [4.69, 9.17) is 4.74 Å². The topological polar surface area (TPSA) is 39.4 Å². The molecule has 1 aromatic carbocycles. The summed E-state index contributed by atoms with van der Waals surface area (Å²) < 4.78 is 34.3. The third kappa shape index (κ3) is 7.88. The van der Waals surface area contributed by atoms with E-state index in [-0.39, 0.29) is 0 Å². The Balaban J connectivity index is 0.000000414. The predicted octanol–water partition coefficient (Wildman–Crippen LogP) is 8.04. The van der Waals surface area contributed by atoms with Gasteiger partial charge in [-0.2, -0.15) is 0 Å². The van der Waals surface area contributed by atoms with E-state index in [0.29, 0.717) is 17.1 Å². The lowest BCUT2D eigenvalue weighted by Gasteiger charge is -2.10. The van der Waals surface area contributed by atoms with Gasteiger partial charge in [-0.1, -0.05) is 51.7 Å². The number of fused-ring (bicyclic) bond motifs is 1. The molecule has 1 aliphatic rings. The number of methoxy groups -OCH3 is 1. The molecule has 1 heterocycles. The second-order valence-electron chi connectivity index (χ2n) is 8.44. The van der Waals surface area contributed by atoms with Gasteiger partial charge in [0.25, 0.3) is 0 Å². The van der Waals surface area contributed by atoms with Crippen LogP contribution in [-0.2, 0) is 4.74 Å². The summed E-state index contributed by atoms with van der Waals surface area (Å²) in [5, 5.41) is 0. The van der Waals surface area contributed by atoms with Crippen LogP contribution >= 0.6 is 0 Å². The highest BCUT2D eigenvalue weighted by atomic mass is 19.2. The highest BCUT2D eigenvalue weighted by molar-refractivity contribution is 6.22. The Kier molecular flexibility index (Phi) is 11.4. The Hall–Kier alpha value is -2.34. The van der Waals surface area contributed by atoms with Gasteiger partial charge in [-0.25, -0.2) is 13.8 Å². The van der Waals surface area contributed by atoms with Crippen LogP contribution in [0.3, 0.4) is 0 Å². The van der Waals surface area contributed by atoms with Crippen LogP contribution in [0.1, 0.15) is 90.9 Å². The van der Waals surface area contributed by atoms with Crippen LogP contribution < -0.4 is 0 Å². The minimum absolute atomic E-state index is 0.295. The number of hydrogen-bond donors (Lipinski definition) is 0. The molecule has 0 amide bonds. The second kappa shape index (κ2) is 14.0. The van der Waals surface area contributed by atoms with E-state index in [1.807, 2.05) is 36.8 Å². The molecule has 0 N–H and O–H groups in total. The van der Waals surface area contributed by atoms with Crippen molar-refractivity contribution in [2.75, 3.05) is 13.7 Å². The molecular weight excluding hydrogens is 420 g/mol. The summed E-state index contributed by atoms with van der Waals surface area (Å²) in [5.74, 6) is -0.972. The van der Waals surface area contributed by atoms with Gasteiger partial charge in [0.05, 0.1) is 11.0 Å². The van der Waals surface area contributed by atoms with Crippen LogP contribution in [0.5, 0.6) is 0 Å². The molecule has 1 aliphatic carbocycles. The number of nitrogens with zero attached hydrogens (tertiary/aromatic N) is 3. The van der Waals surface area contributed by atoms with Crippen molar-refractivity contribution in [3.8, 4) is 0 Å². The summed E-state index contributed by atoms with van der Waals surface area (Å²) in [6.45, 7) is 9.13. The molecule has 0 radical (unpaired) electrons. The molecule has 6 heteroatoms. The first-order valence-corrected chi connectivity index (χ1v) is 12.2. The van der Waals surface area contributed by atoms with Gasteiger partial charge in [0.1, 0.15) is 5.82 Å². The fourth-order valence-electron chi connectivity index (χ4n) is 3.63. The van der Waals surface area contributed by atoms with Crippen molar-refractivity contribution in [2.24, 2.45) is 4.99 Å². The number of ether oxygens (including phenoxy) is 1. The minimum Gasteiger partial charge on any atom is -0.385 e. The van der Waals surface area contributed by atoms with Gasteiger partial charge in [0, 0.05) is 49.4 Å². The average molecular weight is 460 g/mol. The smallest absolute Gasteiger partial charge is 0.161 e. The van der Waals surface area contributed by atoms with Crippen molar-refractivity contribution in [1.29, 1.82) is 0 Å². The van der Waals surface area contributed by atoms with E-state index in [1.165, 1.54) is 37.8 Å². The second-order valence-corrected chi connectivity index (χ2v) is 8.44. The summed E-state index contributed by atoms with van der Waals surface area (Å²) in [5.41, 5.74) is 2.86. The number of halogens is 2. The van der Waals surface area contributed by atoms with Crippen LogP contribution in [-0.4, -0.2) is 29.0 Å². The molecule has 0 unspecified atom stereocenters. The van der Waals surface area contributed by atoms with Crippen LogP contribution in [0.15, 0.2) is 35.5 Å². The maximum atomic E-state index is 13.7. The van der Waals surface area contributed by atoms with Crippen molar-refractivity contribution in [3.05, 3.63) is 47.9 Å². The molecule has 1 aromatic heterocycles. The van der Waals surface area contributed by atoms with E-state index < -0.39 is 11.6 Å². The van der Waals surface area contributed by atoms with Gasteiger partial charge in [-0.15, -0.1) is 0 Å². The first-order valence-electron chi connectivity index (χ1n) is 12.2. The van der Waals surface area contributed by atoms with Crippen LogP contribution in [0.2, 0.25) is 0 Å². The number of imidazole rings is 1. The minimum atomic E-state index is -0.866. The highest BCUT2D eigenvalue weighted by Gasteiger charge is 2.30. The number of hydrogen-bond acceptors (Lipinski definition) is 3. The Morgan fingerprint density at radius 3 is 2.48 bits per heavy atom. The van der Waals surface area contributed by atoms with Gasteiger partial charge in [0.15, 0.2) is 11.6 Å². The molecule has 0 saturated heterocycles. The number of benzene rings is 1. The number of aromatic nitrogens is 2. The average Bonchev–Trinajstić information content (AvgIpc) is 3.58. The van der Waals surface area contributed by atoms with E-state index in [0.717, 1.165) is 49.4 Å². The predicted molar refractivity (Wildman–Crippen MR) is 135 cm³/mol. The SMILES string of the molecule is CCCCCCOC.C\C=C(/C(C)=N/C=C/CCC)c1nc2cc(F)c(F)cc2n1C1CC1. The zero-order valence-electron chi connectivity index (χ0n) is 20.8. The maximum absolute atomic E-state index is 13.7. The van der Waals surface area contributed by atoms with Gasteiger partial charge >= 0.3 is 0 Å². The van der Waals surface area contributed by atoms with E-state index in [9.17, 15) is 8.78 Å². The molecule has 0 spiro atoms. The molecular formula is C27H39F2N3O. The molecule has 33 heavy (non-hydrogen) atoms. The zero-order chi connectivity index (χ0) is 24.2. The Bertz CT molecular complexity index is 965. The largest absolute Gasteiger partial charge is 0.385 e. The van der Waals surface area contributed by atoms with E-state index in [2.05, 4.69) is 23.8 Å². The third-order valence-electron chi connectivity index (χ3n) is 5.59. The van der Waals surface area contributed by atoms with Gasteiger partial charge < -0.3 is 9.30 Å². The van der Waals surface area contributed by atoms with Crippen molar-refractivity contribution >= 4 is 22.3 Å². The van der Waals surface area contributed by atoms with Crippen molar-refractivity contribution in [2.45, 2.75) is 85.1 Å². The van der Waals surface area contributed by atoms with Gasteiger partial charge in [-0.05, 0) is 39.5 Å². The lowest BCUT2D eigenvalue weighted by Crippen LogP contribution is -2.06. The Morgan fingerprint density at radius 2 is 1.88 bits per heavy atom. The van der Waals surface area contributed by atoms with Crippen LogP contribution in [0, 0.1) is 11.6 Å². The Morgan fingerprint density at radius 1 is 1.15 bits per heavy atom. The molecule has 182 valence electrons. The van der Waals surface area contributed by atoms with E-state index >= 15 is 0 Å². The molecule has 0 bridgehead atoms. The molecule has 4 nitrogen and oxygen atoms in total. The third-order valence-corrected chi connectivity index (χ3v) is 5.59. The standard InChI is InChI=1S/C20H23F2N3.C7H16O/c1-4-6-7-10-23-13(3)15(5-2)20-24-18-11-16(21)17(22)12-19(18)25(20)14-8-9-14;1-3-4-5-6-7-8-2/h5,7,10-12,14H,4,6,8-9H2,1-3H3;3-7H2,1-2H3/b10-7+,15-5+,23-13+;. The fourth-order valence-corrected chi connectivity index (χ4v) is 3.63. The van der Waals surface area contributed by atoms with Crippen molar-refractivity contribution < 1.29 is 13.5 Å². The summed E-state index contributed by atoms with van der Waals surface area (Å²) in [6.07, 6.45) is 15.1. The molecule has 0 atom stereocenters. The summed E-state index contributed by atoms with van der Waals surface area (Å²) in [6, 6.07) is 2.72. The quantitative estimate of drug-likeness (QED) is 0.252. The maximum Gasteiger partial charge on any atom is 0.161 e. The molecule has 3 rings (SSSR count). The number of rotatable bonds is 11. The lowest BCUT2D eigenvalue weighted by molar-refractivity contribution is 0.192. The first-order chi connectivity index (χ1) is 16.0. The number of unbranched alkanes of at least 4 members (excludes halogenated alkanes) is 4. The zero-order valence-corrected chi connectivity index (χ0v) is 20.8. The molecule has 0 aliphatic heterocycles. The van der Waals surface area contributed by atoms with Gasteiger partial charge in [-0.3, -0.25) is 4.99 Å². The molecule has 2 aromatic rings. The number of allylic oxidation sites excluding steroid dienone is 3. The van der Waals surface area contributed by atoms with Crippen molar-refractivity contribution in [1.82, 2.24) is 9.55 Å². The lowest BCUT2D eigenvalue weighted by atomic mass is 10.1. The van der Waals surface area contributed by atoms with E-state index in [1.54, 1.807) is 7.11 Å². The normalized spacial score (nSPS) is 14.8. The summed E-state index contributed by atoms with van der Waals surface area (Å²) >= 11 is 0. The van der Waals surface area contributed by atoms with Gasteiger partial charge in [0.2, 0.25) is 0 Å². The number of aliphatic imine (C=N–C) groups is 1. The fraction of sp³-hybridized carbons (Fsp3) is 0.556.